The van der Waals surface area contributed by atoms with Crippen molar-refractivity contribution in [2.75, 3.05) is 7.11 Å². The zero-order chi connectivity index (χ0) is 12.3. The molecule has 4 heteroatoms. The molecule has 0 amide bonds. The molecule has 0 radical (unpaired) electrons. The van der Waals surface area contributed by atoms with Crippen LogP contribution in [0.15, 0.2) is 36.0 Å². The summed E-state index contributed by atoms with van der Waals surface area (Å²) >= 11 is 1.63. The molecule has 0 spiro atoms. The Morgan fingerprint density at radius 3 is 2.94 bits per heavy atom. The summed E-state index contributed by atoms with van der Waals surface area (Å²) in [5, 5.41) is 0. The number of aromatic nitrogens is 1. The number of methoxy groups -OCH3 is 1. The fourth-order valence-electron chi connectivity index (χ4n) is 1.77. The number of nitrogens with two attached hydrogens (primary N) is 1. The number of hydrogen-bond acceptors (Lipinski definition) is 4. The summed E-state index contributed by atoms with van der Waals surface area (Å²) in [5.74, 6) is 0.837. The van der Waals surface area contributed by atoms with Gasteiger partial charge in [0.2, 0.25) is 0 Å². The fraction of sp³-hybridized carbons (Fsp3) is 0.308. The van der Waals surface area contributed by atoms with E-state index in [0.717, 1.165) is 17.7 Å². The van der Waals surface area contributed by atoms with Gasteiger partial charge in [0.25, 0.3) is 0 Å². The molecule has 2 aromatic rings. The summed E-state index contributed by atoms with van der Waals surface area (Å²) < 4.78 is 5.22. The van der Waals surface area contributed by atoms with Crippen LogP contribution >= 0.6 is 11.3 Å². The van der Waals surface area contributed by atoms with Crippen molar-refractivity contribution in [1.29, 1.82) is 0 Å². The molecule has 0 saturated carbocycles. The third-order valence-corrected chi connectivity index (χ3v) is 3.53. The van der Waals surface area contributed by atoms with Gasteiger partial charge in [-0.2, -0.15) is 0 Å². The molecule has 1 heterocycles. The summed E-state index contributed by atoms with van der Waals surface area (Å²) in [5.41, 5.74) is 8.88. The van der Waals surface area contributed by atoms with Gasteiger partial charge in [-0.3, -0.25) is 4.98 Å². The molecule has 0 aliphatic heterocycles. The Morgan fingerprint density at radius 2 is 2.29 bits per heavy atom. The standard InChI is InChI=1S/C13H16N2OS/c1-13(14,7-12-8-15-9-17-12)10-4-3-5-11(6-10)16-2/h3-6,8-9H,7,14H2,1-2H3. The molecule has 0 bridgehead atoms. The maximum absolute atomic E-state index is 6.38. The zero-order valence-electron chi connectivity index (χ0n) is 10.0. The van der Waals surface area contributed by atoms with Crippen molar-refractivity contribution < 1.29 is 4.74 Å². The molecule has 0 aliphatic carbocycles. The summed E-state index contributed by atoms with van der Waals surface area (Å²) in [4.78, 5) is 5.26. The van der Waals surface area contributed by atoms with Crippen LogP contribution in [-0.2, 0) is 12.0 Å². The van der Waals surface area contributed by atoms with Crippen LogP contribution in [0.1, 0.15) is 17.4 Å². The lowest BCUT2D eigenvalue weighted by Gasteiger charge is -2.24. The minimum Gasteiger partial charge on any atom is -0.497 e. The molecule has 0 saturated heterocycles. The van der Waals surface area contributed by atoms with Crippen molar-refractivity contribution in [2.45, 2.75) is 18.9 Å². The second-order valence-electron chi connectivity index (χ2n) is 4.29. The van der Waals surface area contributed by atoms with Crippen LogP contribution in [0.25, 0.3) is 0 Å². The Bertz CT molecular complexity index is 480. The van der Waals surface area contributed by atoms with Gasteiger partial charge in [-0.1, -0.05) is 12.1 Å². The summed E-state index contributed by atoms with van der Waals surface area (Å²) in [7, 11) is 1.66. The van der Waals surface area contributed by atoms with Crippen LogP contribution in [-0.4, -0.2) is 12.1 Å². The van der Waals surface area contributed by atoms with E-state index in [1.54, 1.807) is 18.4 Å². The van der Waals surface area contributed by atoms with E-state index in [2.05, 4.69) is 4.98 Å². The molecule has 1 aromatic heterocycles. The van der Waals surface area contributed by atoms with Gasteiger partial charge in [0.1, 0.15) is 5.75 Å². The lowest BCUT2D eigenvalue weighted by molar-refractivity contribution is 0.410. The van der Waals surface area contributed by atoms with E-state index in [-0.39, 0.29) is 0 Å². The van der Waals surface area contributed by atoms with Crippen molar-refractivity contribution in [1.82, 2.24) is 4.98 Å². The average Bonchev–Trinajstić information content (AvgIpc) is 2.81. The smallest absolute Gasteiger partial charge is 0.119 e. The number of nitrogens with zero attached hydrogens (tertiary/aromatic N) is 1. The van der Waals surface area contributed by atoms with E-state index in [0.29, 0.717) is 0 Å². The second kappa shape index (κ2) is 4.85. The summed E-state index contributed by atoms with van der Waals surface area (Å²) in [6, 6.07) is 7.91. The van der Waals surface area contributed by atoms with Crippen molar-refractivity contribution >= 4 is 11.3 Å². The van der Waals surface area contributed by atoms with Crippen LogP contribution in [0.3, 0.4) is 0 Å². The summed E-state index contributed by atoms with van der Waals surface area (Å²) in [6.07, 6.45) is 2.65. The van der Waals surface area contributed by atoms with Crippen molar-refractivity contribution in [3.8, 4) is 5.75 Å². The van der Waals surface area contributed by atoms with Crippen molar-refractivity contribution in [2.24, 2.45) is 5.73 Å². The first-order valence-electron chi connectivity index (χ1n) is 5.42. The number of rotatable bonds is 4. The van der Waals surface area contributed by atoms with E-state index in [1.165, 1.54) is 4.88 Å². The monoisotopic (exact) mass is 248 g/mol. The predicted octanol–water partition coefficient (Wildman–Crippen LogP) is 2.57. The minimum absolute atomic E-state index is 0.402. The molecule has 3 nitrogen and oxygen atoms in total. The molecule has 2 rings (SSSR count). The van der Waals surface area contributed by atoms with Gasteiger partial charge < -0.3 is 10.5 Å². The fourth-order valence-corrected chi connectivity index (χ4v) is 2.53. The second-order valence-corrected chi connectivity index (χ2v) is 5.26. The number of benzene rings is 1. The summed E-state index contributed by atoms with van der Waals surface area (Å²) in [6.45, 7) is 2.03. The molecule has 1 atom stereocenters. The lowest BCUT2D eigenvalue weighted by atomic mass is 9.89. The largest absolute Gasteiger partial charge is 0.497 e. The quantitative estimate of drug-likeness (QED) is 0.904. The van der Waals surface area contributed by atoms with E-state index in [9.17, 15) is 0 Å². The van der Waals surface area contributed by atoms with Gasteiger partial charge in [-0.15, -0.1) is 11.3 Å². The van der Waals surface area contributed by atoms with E-state index < -0.39 is 5.54 Å². The van der Waals surface area contributed by atoms with Gasteiger partial charge in [-0.25, -0.2) is 0 Å². The molecule has 0 fully saturated rings. The van der Waals surface area contributed by atoms with Crippen LogP contribution in [0.4, 0.5) is 0 Å². The number of thiazole rings is 1. The molecule has 90 valence electrons. The Hall–Kier alpha value is -1.39. The highest BCUT2D eigenvalue weighted by Gasteiger charge is 2.22. The Balaban J connectivity index is 2.24. The Morgan fingerprint density at radius 1 is 1.47 bits per heavy atom. The Labute approximate surface area is 105 Å². The molecule has 1 aromatic carbocycles. The first-order valence-corrected chi connectivity index (χ1v) is 6.30. The highest BCUT2D eigenvalue weighted by Crippen LogP contribution is 2.26. The van der Waals surface area contributed by atoms with Crippen LogP contribution < -0.4 is 10.5 Å². The highest BCUT2D eigenvalue weighted by atomic mass is 32.1. The molecular formula is C13H16N2OS. The highest BCUT2D eigenvalue weighted by molar-refractivity contribution is 7.09. The van der Waals surface area contributed by atoms with Crippen LogP contribution in [0.5, 0.6) is 5.75 Å². The molecule has 0 aliphatic rings. The van der Waals surface area contributed by atoms with E-state index >= 15 is 0 Å². The predicted molar refractivity (Wildman–Crippen MR) is 70.4 cm³/mol. The Kier molecular flexibility index (Phi) is 3.45. The molecule has 17 heavy (non-hydrogen) atoms. The first-order chi connectivity index (χ1) is 8.12. The van der Waals surface area contributed by atoms with Crippen molar-refractivity contribution in [3.63, 3.8) is 0 Å². The molecule has 1 unspecified atom stereocenters. The van der Waals surface area contributed by atoms with Gasteiger partial charge in [0, 0.05) is 23.0 Å². The number of ether oxygens (including phenoxy) is 1. The average molecular weight is 248 g/mol. The number of hydrogen-bond donors (Lipinski definition) is 1. The molecular weight excluding hydrogens is 232 g/mol. The zero-order valence-corrected chi connectivity index (χ0v) is 10.8. The maximum atomic E-state index is 6.38. The topological polar surface area (TPSA) is 48.1 Å². The van der Waals surface area contributed by atoms with Crippen molar-refractivity contribution in [3.05, 3.63) is 46.4 Å². The lowest BCUT2D eigenvalue weighted by Crippen LogP contribution is -2.35. The van der Waals surface area contributed by atoms with E-state index in [1.807, 2.05) is 42.9 Å². The normalized spacial score (nSPS) is 14.3. The third-order valence-electron chi connectivity index (χ3n) is 2.75. The first kappa shape index (κ1) is 12.1. The van der Waals surface area contributed by atoms with Gasteiger partial charge >= 0.3 is 0 Å². The minimum atomic E-state index is -0.402. The third kappa shape index (κ3) is 2.84. The van der Waals surface area contributed by atoms with E-state index in [4.69, 9.17) is 10.5 Å². The van der Waals surface area contributed by atoms with Gasteiger partial charge in [-0.05, 0) is 24.6 Å². The molecule has 2 N–H and O–H groups in total. The maximum Gasteiger partial charge on any atom is 0.119 e. The van der Waals surface area contributed by atoms with Crippen LogP contribution in [0.2, 0.25) is 0 Å². The van der Waals surface area contributed by atoms with Gasteiger partial charge in [0.15, 0.2) is 0 Å². The van der Waals surface area contributed by atoms with Crippen LogP contribution in [0, 0.1) is 0 Å². The van der Waals surface area contributed by atoms with Gasteiger partial charge in [0.05, 0.1) is 12.6 Å². The SMILES string of the molecule is COc1cccc(C(C)(N)Cc2cncs2)c1.